The average Bonchev–Trinajstić information content (AvgIpc) is 2.73. The van der Waals surface area contributed by atoms with Gasteiger partial charge in [-0.15, -0.1) is 0 Å². The van der Waals surface area contributed by atoms with Crippen LogP contribution in [0, 0.1) is 0 Å². The van der Waals surface area contributed by atoms with Gasteiger partial charge in [-0.3, -0.25) is 4.79 Å². The Morgan fingerprint density at radius 3 is 2.67 bits per heavy atom. The monoisotopic (exact) mass is 245 g/mol. The predicted molar refractivity (Wildman–Crippen MR) is 67.7 cm³/mol. The number of anilines is 1. The topological polar surface area (TPSA) is 86.7 Å². The van der Waals surface area contributed by atoms with Crippen molar-refractivity contribution in [2.24, 2.45) is 0 Å². The largest absolute Gasteiger partial charge is 0.384 e. The highest BCUT2D eigenvalue weighted by molar-refractivity contribution is 5.95. The van der Waals surface area contributed by atoms with E-state index in [1.807, 2.05) is 13.8 Å². The summed E-state index contributed by atoms with van der Waals surface area (Å²) in [6.07, 6.45) is 3.20. The zero-order valence-corrected chi connectivity index (χ0v) is 10.6. The van der Waals surface area contributed by atoms with Crippen molar-refractivity contribution in [3.05, 3.63) is 29.7 Å². The standard InChI is InChI=1S/C12H15N5O/c1-7(2)11-9(8(3)18)6-17(16-11)12-14-5-4-10(13)15-12/h4-7H,1-3H3,(H2,13,14,15). The minimum absolute atomic E-state index is 0.0196. The maximum absolute atomic E-state index is 11.6. The second-order valence-electron chi connectivity index (χ2n) is 4.36. The third-order valence-electron chi connectivity index (χ3n) is 2.54. The normalized spacial score (nSPS) is 10.9. The summed E-state index contributed by atoms with van der Waals surface area (Å²) in [6.45, 7) is 5.49. The number of hydrogen-bond acceptors (Lipinski definition) is 5. The van der Waals surface area contributed by atoms with E-state index in [0.29, 0.717) is 17.3 Å². The maximum atomic E-state index is 11.6. The summed E-state index contributed by atoms with van der Waals surface area (Å²) in [5.74, 6) is 0.871. The Kier molecular flexibility index (Phi) is 3.10. The fourth-order valence-corrected chi connectivity index (χ4v) is 1.66. The van der Waals surface area contributed by atoms with Gasteiger partial charge in [-0.2, -0.15) is 10.1 Å². The van der Waals surface area contributed by atoms with Crippen LogP contribution in [0.3, 0.4) is 0 Å². The van der Waals surface area contributed by atoms with Crippen molar-refractivity contribution < 1.29 is 4.79 Å². The molecule has 0 unspecified atom stereocenters. The molecule has 0 atom stereocenters. The molecule has 2 heterocycles. The third-order valence-corrected chi connectivity index (χ3v) is 2.54. The van der Waals surface area contributed by atoms with Gasteiger partial charge >= 0.3 is 0 Å². The molecule has 0 saturated heterocycles. The first-order valence-electron chi connectivity index (χ1n) is 5.68. The molecule has 2 rings (SSSR count). The van der Waals surface area contributed by atoms with Crippen LogP contribution in [0.1, 0.15) is 42.7 Å². The second kappa shape index (κ2) is 4.56. The Bertz CT molecular complexity index is 588. The molecule has 0 spiro atoms. The fraction of sp³-hybridized carbons (Fsp3) is 0.333. The van der Waals surface area contributed by atoms with Crippen LogP contribution in [-0.4, -0.2) is 25.5 Å². The van der Waals surface area contributed by atoms with E-state index in [0.717, 1.165) is 5.69 Å². The van der Waals surface area contributed by atoms with Crippen LogP contribution < -0.4 is 5.73 Å². The number of carbonyl (C=O) groups is 1. The molecule has 0 radical (unpaired) electrons. The Morgan fingerprint density at radius 1 is 1.44 bits per heavy atom. The summed E-state index contributed by atoms with van der Waals surface area (Å²) in [6, 6.07) is 1.60. The lowest BCUT2D eigenvalue weighted by Gasteiger charge is -2.01. The number of nitrogens with zero attached hydrogens (tertiary/aromatic N) is 4. The average molecular weight is 245 g/mol. The third kappa shape index (κ3) is 2.22. The lowest BCUT2D eigenvalue weighted by atomic mass is 10.0. The van der Waals surface area contributed by atoms with Crippen LogP contribution in [0.2, 0.25) is 0 Å². The Balaban J connectivity index is 2.53. The molecular weight excluding hydrogens is 230 g/mol. The van der Waals surface area contributed by atoms with Gasteiger partial charge in [-0.1, -0.05) is 13.8 Å². The minimum Gasteiger partial charge on any atom is -0.384 e. The summed E-state index contributed by atoms with van der Waals surface area (Å²) in [5.41, 5.74) is 6.94. The number of ketones is 1. The van der Waals surface area contributed by atoms with Crippen LogP contribution in [-0.2, 0) is 0 Å². The molecule has 0 aliphatic carbocycles. The van der Waals surface area contributed by atoms with Gasteiger partial charge in [0.1, 0.15) is 5.82 Å². The highest BCUT2D eigenvalue weighted by Crippen LogP contribution is 2.19. The molecule has 0 aromatic carbocycles. The number of nitrogens with two attached hydrogens (primary N) is 1. The van der Waals surface area contributed by atoms with E-state index >= 15 is 0 Å². The maximum Gasteiger partial charge on any atom is 0.252 e. The highest BCUT2D eigenvalue weighted by atomic mass is 16.1. The van der Waals surface area contributed by atoms with Crippen LogP contribution in [0.5, 0.6) is 0 Å². The van der Waals surface area contributed by atoms with Gasteiger partial charge in [-0.25, -0.2) is 9.67 Å². The molecule has 0 aliphatic rings. The lowest BCUT2D eigenvalue weighted by Crippen LogP contribution is -2.04. The van der Waals surface area contributed by atoms with Gasteiger partial charge in [-0.05, 0) is 18.9 Å². The molecule has 0 fully saturated rings. The molecule has 94 valence electrons. The molecule has 0 saturated carbocycles. The number of carbonyl (C=O) groups excluding carboxylic acids is 1. The van der Waals surface area contributed by atoms with Crippen molar-refractivity contribution in [3.8, 4) is 5.95 Å². The minimum atomic E-state index is -0.0196. The van der Waals surface area contributed by atoms with Crippen molar-refractivity contribution in [3.63, 3.8) is 0 Å². The number of nitrogen functional groups attached to an aromatic ring is 1. The molecule has 2 aromatic heterocycles. The van der Waals surface area contributed by atoms with Crippen molar-refractivity contribution in [1.82, 2.24) is 19.7 Å². The Morgan fingerprint density at radius 2 is 2.17 bits per heavy atom. The molecule has 2 N–H and O–H groups in total. The number of aromatic nitrogens is 4. The van der Waals surface area contributed by atoms with E-state index in [4.69, 9.17) is 5.73 Å². The summed E-state index contributed by atoms with van der Waals surface area (Å²) in [7, 11) is 0. The van der Waals surface area contributed by atoms with E-state index in [2.05, 4.69) is 15.1 Å². The molecule has 6 nitrogen and oxygen atoms in total. The Hall–Kier alpha value is -2.24. The number of rotatable bonds is 3. The van der Waals surface area contributed by atoms with Crippen molar-refractivity contribution in [2.75, 3.05) is 5.73 Å². The SMILES string of the molecule is CC(=O)c1cn(-c2nccc(N)n2)nc1C(C)C. The van der Waals surface area contributed by atoms with Crippen LogP contribution in [0.25, 0.3) is 5.95 Å². The van der Waals surface area contributed by atoms with Gasteiger partial charge < -0.3 is 5.73 Å². The number of hydrogen-bond donors (Lipinski definition) is 1. The van der Waals surface area contributed by atoms with Crippen LogP contribution in [0.15, 0.2) is 18.5 Å². The first-order chi connectivity index (χ1) is 8.49. The van der Waals surface area contributed by atoms with E-state index in [1.54, 1.807) is 18.5 Å². The molecule has 0 aliphatic heterocycles. The summed E-state index contributed by atoms with van der Waals surface area (Å²) in [4.78, 5) is 19.7. The summed E-state index contributed by atoms with van der Waals surface area (Å²) < 4.78 is 1.49. The molecule has 0 bridgehead atoms. The first-order valence-corrected chi connectivity index (χ1v) is 5.68. The smallest absolute Gasteiger partial charge is 0.252 e. The second-order valence-corrected chi connectivity index (χ2v) is 4.36. The van der Waals surface area contributed by atoms with Gasteiger partial charge in [0.05, 0.1) is 11.3 Å². The van der Waals surface area contributed by atoms with Gasteiger partial charge in [0.2, 0.25) is 0 Å². The van der Waals surface area contributed by atoms with Gasteiger partial charge in [0.25, 0.3) is 5.95 Å². The first kappa shape index (κ1) is 12.2. The zero-order chi connectivity index (χ0) is 13.3. The van der Waals surface area contributed by atoms with Crippen LogP contribution >= 0.6 is 0 Å². The zero-order valence-electron chi connectivity index (χ0n) is 10.6. The molecule has 2 aromatic rings. The summed E-state index contributed by atoms with van der Waals surface area (Å²) >= 11 is 0. The van der Waals surface area contributed by atoms with E-state index in [9.17, 15) is 4.79 Å². The molecule has 0 amide bonds. The van der Waals surface area contributed by atoms with Crippen molar-refractivity contribution in [1.29, 1.82) is 0 Å². The van der Waals surface area contributed by atoms with E-state index < -0.39 is 0 Å². The Labute approximate surface area is 105 Å². The van der Waals surface area contributed by atoms with E-state index in [-0.39, 0.29) is 11.7 Å². The highest BCUT2D eigenvalue weighted by Gasteiger charge is 2.17. The van der Waals surface area contributed by atoms with Gasteiger partial charge in [0.15, 0.2) is 5.78 Å². The predicted octanol–water partition coefficient (Wildman–Crippen LogP) is 1.57. The quantitative estimate of drug-likeness (QED) is 0.829. The fourth-order valence-electron chi connectivity index (χ4n) is 1.66. The van der Waals surface area contributed by atoms with Gasteiger partial charge in [0, 0.05) is 12.4 Å². The molecule has 18 heavy (non-hydrogen) atoms. The number of Topliss-reactive ketones (excluding diaryl/α,β-unsaturated/α-hetero) is 1. The lowest BCUT2D eigenvalue weighted by molar-refractivity contribution is 0.101. The molecular formula is C12H15N5O. The van der Waals surface area contributed by atoms with E-state index in [1.165, 1.54) is 11.6 Å². The summed E-state index contributed by atoms with van der Waals surface area (Å²) in [5, 5.41) is 4.36. The molecule has 6 heteroatoms. The van der Waals surface area contributed by atoms with Crippen molar-refractivity contribution in [2.45, 2.75) is 26.7 Å². The van der Waals surface area contributed by atoms with Crippen LogP contribution in [0.4, 0.5) is 5.82 Å². The van der Waals surface area contributed by atoms with Crippen molar-refractivity contribution >= 4 is 11.6 Å².